The van der Waals surface area contributed by atoms with Gasteiger partial charge in [-0.3, -0.25) is 0 Å². The first-order valence-electron chi connectivity index (χ1n) is 6.88. The van der Waals surface area contributed by atoms with Gasteiger partial charge in [-0.1, -0.05) is 32.8 Å². The fourth-order valence-corrected chi connectivity index (χ4v) is 1.93. The first-order chi connectivity index (χ1) is 7.84. The SMILES string of the molecule is CCC/C=C(/CCC)B1OC(C)(C)C(C)(C)O1. The Morgan fingerprint density at radius 2 is 1.53 bits per heavy atom. The molecule has 1 aliphatic rings. The van der Waals surface area contributed by atoms with Crippen LogP contribution in [0.4, 0.5) is 0 Å². The molecule has 0 radical (unpaired) electrons. The molecule has 0 N–H and O–H groups in total. The molecule has 2 nitrogen and oxygen atoms in total. The lowest BCUT2D eigenvalue weighted by Crippen LogP contribution is -2.41. The van der Waals surface area contributed by atoms with Gasteiger partial charge in [0.15, 0.2) is 0 Å². The Labute approximate surface area is 107 Å². The van der Waals surface area contributed by atoms with Crippen molar-refractivity contribution in [1.82, 2.24) is 0 Å². The molecule has 0 spiro atoms. The van der Waals surface area contributed by atoms with Crippen molar-refractivity contribution < 1.29 is 9.31 Å². The van der Waals surface area contributed by atoms with E-state index in [9.17, 15) is 0 Å². The second-order valence-electron chi connectivity index (χ2n) is 5.91. The molecule has 17 heavy (non-hydrogen) atoms. The number of allylic oxidation sites excluding steroid dienone is 2. The van der Waals surface area contributed by atoms with Gasteiger partial charge in [-0.15, -0.1) is 0 Å². The van der Waals surface area contributed by atoms with E-state index in [0.717, 1.165) is 19.3 Å². The molecule has 1 aliphatic heterocycles. The van der Waals surface area contributed by atoms with Crippen LogP contribution in [0, 0.1) is 0 Å². The third kappa shape index (κ3) is 3.35. The fraction of sp³-hybridized carbons (Fsp3) is 0.857. The molecule has 0 aromatic rings. The summed E-state index contributed by atoms with van der Waals surface area (Å²) < 4.78 is 12.2. The maximum Gasteiger partial charge on any atom is 0.490 e. The Morgan fingerprint density at radius 3 is 1.94 bits per heavy atom. The molecule has 1 heterocycles. The van der Waals surface area contributed by atoms with Crippen LogP contribution in [0.3, 0.4) is 0 Å². The minimum atomic E-state index is -0.225. The molecule has 0 aromatic carbocycles. The summed E-state index contributed by atoms with van der Waals surface area (Å²) in [6, 6.07) is 0. The van der Waals surface area contributed by atoms with Crippen molar-refractivity contribution in [1.29, 1.82) is 0 Å². The molecule has 0 atom stereocenters. The van der Waals surface area contributed by atoms with Crippen LogP contribution in [-0.2, 0) is 9.31 Å². The average Bonchev–Trinajstić information content (AvgIpc) is 2.43. The molecule has 3 heteroatoms. The lowest BCUT2D eigenvalue weighted by Gasteiger charge is -2.32. The molecule has 1 rings (SSSR count). The van der Waals surface area contributed by atoms with E-state index in [1.165, 1.54) is 11.9 Å². The lowest BCUT2D eigenvalue weighted by molar-refractivity contribution is 0.00578. The van der Waals surface area contributed by atoms with E-state index in [1.54, 1.807) is 0 Å². The van der Waals surface area contributed by atoms with Crippen molar-refractivity contribution in [3.05, 3.63) is 11.5 Å². The first-order valence-corrected chi connectivity index (χ1v) is 6.88. The van der Waals surface area contributed by atoms with E-state index < -0.39 is 0 Å². The summed E-state index contributed by atoms with van der Waals surface area (Å²) in [5, 5.41) is 0. The molecule has 0 aliphatic carbocycles. The second-order valence-corrected chi connectivity index (χ2v) is 5.91. The van der Waals surface area contributed by atoms with E-state index in [4.69, 9.17) is 9.31 Å². The van der Waals surface area contributed by atoms with Crippen LogP contribution in [0.1, 0.15) is 67.2 Å². The van der Waals surface area contributed by atoms with Crippen LogP contribution in [0.15, 0.2) is 11.5 Å². The van der Waals surface area contributed by atoms with Gasteiger partial charge in [-0.25, -0.2) is 0 Å². The molecule has 1 saturated heterocycles. The Balaban J connectivity index is 2.79. The Kier molecular flexibility index (Phi) is 4.85. The molecular weight excluding hydrogens is 211 g/mol. The van der Waals surface area contributed by atoms with Gasteiger partial charge in [0.1, 0.15) is 0 Å². The standard InChI is InChI=1S/C14H27BO2/c1-7-9-11-12(10-8-2)15-16-13(3,4)14(5,6)17-15/h11H,7-10H2,1-6H3/b12-11-. The second kappa shape index (κ2) is 5.58. The summed E-state index contributed by atoms with van der Waals surface area (Å²) in [6.07, 6.45) is 6.79. The topological polar surface area (TPSA) is 18.5 Å². The highest BCUT2D eigenvalue weighted by Gasteiger charge is 2.51. The zero-order chi connectivity index (χ0) is 13.1. The van der Waals surface area contributed by atoms with Crippen LogP contribution < -0.4 is 0 Å². The van der Waals surface area contributed by atoms with E-state index in [1.807, 2.05) is 0 Å². The Bertz CT molecular complexity index is 266. The van der Waals surface area contributed by atoms with Gasteiger partial charge in [0.25, 0.3) is 0 Å². The van der Waals surface area contributed by atoms with E-state index >= 15 is 0 Å². The van der Waals surface area contributed by atoms with Gasteiger partial charge >= 0.3 is 7.12 Å². The third-order valence-electron chi connectivity index (χ3n) is 3.79. The summed E-state index contributed by atoms with van der Waals surface area (Å²) >= 11 is 0. The molecule has 98 valence electrons. The maximum absolute atomic E-state index is 6.09. The van der Waals surface area contributed by atoms with Crippen molar-refractivity contribution >= 4 is 7.12 Å². The maximum atomic E-state index is 6.09. The highest BCUT2D eigenvalue weighted by atomic mass is 16.7. The molecule has 0 saturated carbocycles. The summed E-state index contributed by atoms with van der Waals surface area (Å²) in [6.45, 7) is 12.8. The van der Waals surface area contributed by atoms with Crippen molar-refractivity contribution in [2.24, 2.45) is 0 Å². The van der Waals surface area contributed by atoms with E-state index in [2.05, 4.69) is 47.6 Å². The molecule has 0 unspecified atom stereocenters. The molecule has 1 fully saturated rings. The minimum absolute atomic E-state index is 0.147. The van der Waals surface area contributed by atoms with Crippen LogP contribution in [0.5, 0.6) is 0 Å². The van der Waals surface area contributed by atoms with Gasteiger partial charge in [-0.2, -0.15) is 0 Å². The lowest BCUT2D eigenvalue weighted by atomic mass is 9.75. The van der Waals surface area contributed by atoms with Crippen molar-refractivity contribution in [2.45, 2.75) is 78.4 Å². The zero-order valence-corrected chi connectivity index (χ0v) is 12.3. The van der Waals surface area contributed by atoms with Crippen molar-refractivity contribution in [3.63, 3.8) is 0 Å². The predicted octanol–water partition coefficient (Wildman–Crippen LogP) is 4.14. The Morgan fingerprint density at radius 1 is 1.00 bits per heavy atom. The third-order valence-corrected chi connectivity index (χ3v) is 3.79. The van der Waals surface area contributed by atoms with Gasteiger partial charge < -0.3 is 9.31 Å². The first kappa shape index (κ1) is 14.8. The summed E-state index contributed by atoms with van der Waals surface area (Å²) in [7, 11) is -0.147. The molecule has 0 amide bonds. The van der Waals surface area contributed by atoms with Crippen LogP contribution in [-0.4, -0.2) is 18.3 Å². The average molecular weight is 238 g/mol. The van der Waals surface area contributed by atoms with Gasteiger partial charge in [0, 0.05) is 0 Å². The summed E-state index contributed by atoms with van der Waals surface area (Å²) in [5.41, 5.74) is 0.862. The zero-order valence-electron chi connectivity index (χ0n) is 12.3. The van der Waals surface area contributed by atoms with Crippen LogP contribution in [0.25, 0.3) is 0 Å². The molecular formula is C14H27BO2. The number of hydrogen-bond acceptors (Lipinski definition) is 2. The normalized spacial score (nSPS) is 23.2. The van der Waals surface area contributed by atoms with E-state index in [0.29, 0.717) is 0 Å². The predicted molar refractivity (Wildman–Crippen MR) is 74.0 cm³/mol. The monoisotopic (exact) mass is 238 g/mol. The highest BCUT2D eigenvalue weighted by molar-refractivity contribution is 6.54. The Hall–Kier alpha value is -0.275. The van der Waals surface area contributed by atoms with E-state index in [-0.39, 0.29) is 18.3 Å². The number of rotatable bonds is 5. The molecule has 0 aromatic heterocycles. The van der Waals surface area contributed by atoms with Gasteiger partial charge in [0.05, 0.1) is 11.2 Å². The summed E-state index contributed by atoms with van der Waals surface area (Å²) in [4.78, 5) is 0. The fourth-order valence-electron chi connectivity index (χ4n) is 1.93. The largest absolute Gasteiger partial charge is 0.490 e. The van der Waals surface area contributed by atoms with Crippen molar-refractivity contribution in [2.75, 3.05) is 0 Å². The van der Waals surface area contributed by atoms with Gasteiger partial charge in [0.2, 0.25) is 0 Å². The minimum Gasteiger partial charge on any atom is -0.400 e. The molecule has 0 bridgehead atoms. The number of hydrogen-bond donors (Lipinski definition) is 0. The quantitative estimate of drug-likeness (QED) is 0.670. The highest BCUT2D eigenvalue weighted by Crippen LogP contribution is 2.39. The smallest absolute Gasteiger partial charge is 0.400 e. The van der Waals surface area contributed by atoms with Crippen molar-refractivity contribution in [3.8, 4) is 0 Å². The van der Waals surface area contributed by atoms with Gasteiger partial charge in [-0.05, 0) is 46.0 Å². The van der Waals surface area contributed by atoms with Crippen LogP contribution in [0.2, 0.25) is 0 Å². The van der Waals surface area contributed by atoms with Crippen LogP contribution >= 0.6 is 0 Å². The summed E-state index contributed by atoms with van der Waals surface area (Å²) in [5.74, 6) is 0. The number of unbranched alkanes of at least 4 members (excludes halogenated alkanes) is 1.